The van der Waals surface area contributed by atoms with Gasteiger partial charge in [0.1, 0.15) is 11.5 Å². The average molecular weight is 365 g/mol. The first-order valence-corrected chi connectivity index (χ1v) is 7.41. The standard InChI is InChI=1S/C17H14F3N3O3/c1-25-11-5-9(6-12(8-11)26-2)15(24)21-10-3-4-13-14(7-10)23-16(22-13)17(18,19)20/h3-8H,1-2H3,(H,21,24)(H,22,23). The van der Waals surface area contributed by atoms with Crippen molar-refractivity contribution < 1.29 is 27.4 Å². The molecule has 3 aromatic rings. The van der Waals surface area contributed by atoms with Crippen LogP contribution in [0.5, 0.6) is 11.5 Å². The molecule has 0 aliphatic carbocycles. The molecule has 0 unspecified atom stereocenters. The van der Waals surface area contributed by atoms with Crippen molar-refractivity contribution in [3.63, 3.8) is 0 Å². The lowest BCUT2D eigenvalue weighted by Crippen LogP contribution is -2.12. The lowest BCUT2D eigenvalue weighted by atomic mass is 10.1. The van der Waals surface area contributed by atoms with E-state index in [4.69, 9.17) is 9.47 Å². The zero-order valence-corrected chi connectivity index (χ0v) is 13.8. The minimum Gasteiger partial charge on any atom is -0.497 e. The summed E-state index contributed by atoms with van der Waals surface area (Å²) in [7, 11) is 2.92. The van der Waals surface area contributed by atoms with Gasteiger partial charge >= 0.3 is 6.18 Å². The van der Waals surface area contributed by atoms with Crippen molar-refractivity contribution in [3.05, 3.63) is 47.8 Å². The number of fused-ring (bicyclic) bond motifs is 1. The van der Waals surface area contributed by atoms with Crippen molar-refractivity contribution in [1.29, 1.82) is 0 Å². The van der Waals surface area contributed by atoms with Crippen molar-refractivity contribution in [1.82, 2.24) is 9.97 Å². The predicted molar refractivity (Wildman–Crippen MR) is 88.6 cm³/mol. The van der Waals surface area contributed by atoms with Gasteiger partial charge in [-0.3, -0.25) is 4.79 Å². The minimum absolute atomic E-state index is 0.151. The Morgan fingerprint density at radius 3 is 2.31 bits per heavy atom. The first-order chi connectivity index (χ1) is 12.3. The number of hydrogen-bond acceptors (Lipinski definition) is 4. The third-order valence-electron chi connectivity index (χ3n) is 3.62. The van der Waals surface area contributed by atoms with E-state index in [-0.39, 0.29) is 16.6 Å². The maximum absolute atomic E-state index is 12.7. The summed E-state index contributed by atoms with van der Waals surface area (Å²) in [6.45, 7) is 0. The SMILES string of the molecule is COc1cc(OC)cc(C(=O)Nc2ccc3nc(C(F)(F)F)[nH]c3c2)c1. The number of carbonyl (C=O) groups is 1. The Labute approximate surface area is 145 Å². The number of carbonyl (C=O) groups excluding carboxylic acids is 1. The molecule has 0 atom stereocenters. The van der Waals surface area contributed by atoms with Crippen molar-refractivity contribution in [3.8, 4) is 11.5 Å². The number of imidazole rings is 1. The van der Waals surface area contributed by atoms with E-state index in [1.165, 1.54) is 44.6 Å². The molecular formula is C17H14F3N3O3. The van der Waals surface area contributed by atoms with Gasteiger partial charge in [0.2, 0.25) is 5.82 Å². The Balaban J connectivity index is 1.87. The zero-order valence-electron chi connectivity index (χ0n) is 13.8. The van der Waals surface area contributed by atoms with Crippen molar-refractivity contribution in [2.75, 3.05) is 19.5 Å². The fourth-order valence-electron chi connectivity index (χ4n) is 2.36. The molecule has 2 aromatic carbocycles. The number of amides is 1. The Morgan fingerprint density at radius 1 is 1.08 bits per heavy atom. The number of ether oxygens (including phenoxy) is 2. The molecular weight excluding hydrogens is 351 g/mol. The number of aromatic amines is 1. The summed E-state index contributed by atoms with van der Waals surface area (Å²) < 4.78 is 48.4. The zero-order chi connectivity index (χ0) is 18.9. The molecule has 136 valence electrons. The summed E-state index contributed by atoms with van der Waals surface area (Å²) in [6, 6.07) is 8.91. The van der Waals surface area contributed by atoms with Crippen LogP contribution in [0.2, 0.25) is 0 Å². The fourth-order valence-corrected chi connectivity index (χ4v) is 2.36. The van der Waals surface area contributed by atoms with Crippen molar-refractivity contribution in [2.45, 2.75) is 6.18 Å². The predicted octanol–water partition coefficient (Wildman–Crippen LogP) is 3.85. The number of alkyl halides is 3. The van der Waals surface area contributed by atoms with Crippen molar-refractivity contribution in [2.24, 2.45) is 0 Å². The molecule has 2 N–H and O–H groups in total. The molecule has 1 aromatic heterocycles. The third kappa shape index (κ3) is 3.56. The number of nitrogens with one attached hydrogen (secondary N) is 2. The third-order valence-corrected chi connectivity index (χ3v) is 3.62. The second-order valence-corrected chi connectivity index (χ2v) is 5.37. The normalized spacial score (nSPS) is 11.4. The number of H-pyrrole nitrogens is 1. The molecule has 0 saturated carbocycles. The first kappa shape index (κ1) is 17.6. The van der Waals surface area contributed by atoms with Gasteiger partial charge in [-0.2, -0.15) is 13.2 Å². The van der Waals surface area contributed by atoms with Crippen LogP contribution < -0.4 is 14.8 Å². The topological polar surface area (TPSA) is 76.2 Å². The maximum atomic E-state index is 12.7. The Hall–Kier alpha value is -3.23. The molecule has 0 radical (unpaired) electrons. The molecule has 0 fully saturated rings. The maximum Gasteiger partial charge on any atom is 0.449 e. The number of halogens is 3. The number of rotatable bonds is 4. The minimum atomic E-state index is -4.57. The number of anilines is 1. The van der Waals surface area contributed by atoms with Gasteiger partial charge in [-0.05, 0) is 30.3 Å². The number of benzene rings is 2. The monoisotopic (exact) mass is 365 g/mol. The van der Waals surface area contributed by atoms with Gasteiger partial charge < -0.3 is 19.8 Å². The van der Waals surface area contributed by atoms with E-state index in [2.05, 4.69) is 15.3 Å². The highest BCUT2D eigenvalue weighted by atomic mass is 19.4. The van der Waals surface area contributed by atoms with Gasteiger partial charge in [0.15, 0.2) is 0 Å². The van der Waals surface area contributed by atoms with E-state index in [0.29, 0.717) is 17.2 Å². The lowest BCUT2D eigenvalue weighted by molar-refractivity contribution is -0.144. The van der Waals surface area contributed by atoms with Crippen LogP contribution in [-0.4, -0.2) is 30.1 Å². The van der Waals surface area contributed by atoms with Gasteiger partial charge in [0.25, 0.3) is 5.91 Å². The Morgan fingerprint density at radius 2 is 1.73 bits per heavy atom. The van der Waals surface area contributed by atoms with Crippen LogP contribution in [-0.2, 0) is 6.18 Å². The highest BCUT2D eigenvalue weighted by molar-refractivity contribution is 6.05. The molecule has 1 amide bonds. The van der Waals surface area contributed by atoms with E-state index >= 15 is 0 Å². The van der Waals surface area contributed by atoms with Crippen molar-refractivity contribution >= 4 is 22.6 Å². The molecule has 26 heavy (non-hydrogen) atoms. The summed E-state index contributed by atoms with van der Waals surface area (Å²) in [5.74, 6) is -0.674. The smallest absolute Gasteiger partial charge is 0.449 e. The lowest BCUT2D eigenvalue weighted by Gasteiger charge is -2.09. The molecule has 0 aliphatic heterocycles. The van der Waals surface area contributed by atoms with Crippen LogP contribution in [0.1, 0.15) is 16.2 Å². The van der Waals surface area contributed by atoms with Crippen LogP contribution in [0.15, 0.2) is 36.4 Å². The van der Waals surface area contributed by atoms with Crippen LogP contribution in [0.4, 0.5) is 18.9 Å². The highest BCUT2D eigenvalue weighted by Crippen LogP contribution is 2.29. The van der Waals surface area contributed by atoms with E-state index in [1.54, 1.807) is 6.07 Å². The van der Waals surface area contributed by atoms with Gasteiger partial charge in [-0.15, -0.1) is 0 Å². The van der Waals surface area contributed by atoms with E-state index in [0.717, 1.165) is 0 Å². The second kappa shape index (κ2) is 6.58. The second-order valence-electron chi connectivity index (χ2n) is 5.37. The van der Waals surface area contributed by atoms with E-state index in [1.807, 2.05) is 0 Å². The molecule has 3 rings (SSSR count). The van der Waals surface area contributed by atoms with E-state index < -0.39 is 17.9 Å². The highest BCUT2D eigenvalue weighted by Gasteiger charge is 2.34. The van der Waals surface area contributed by atoms with Crippen LogP contribution in [0.25, 0.3) is 11.0 Å². The molecule has 0 bridgehead atoms. The van der Waals surface area contributed by atoms with Crippen LogP contribution in [0, 0.1) is 0 Å². The summed E-state index contributed by atoms with van der Waals surface area (Å²) in [5, 5.41) is 2.62. The molecule has 0 saturated heterocycles. The molecule has 0 aliphatic rings. The van der Waals surface area contributed by atoms with Gasteiger partial charge in [0.05, 0.1) is 25.3 Å². The quantitative estimate of drug-likeness (QED) is 0.736. The van der Waals surface area contributed by atoms with Gasteiger partial charge in [-0.25, -0.2) is 4.98 Å². The summed E-state index contributed by atoms with van der Waals surface area (Å²) in [4.78, 5) is 18.1. The molecule has 9 heteroatoms. The number of nitrogens with zero attached hydrogens (tertiary/aromatic N) is 1. The summed E-state index contributed by atoms with van der Waals surface area (Å²) in [5.41, 5.74) is 0.917. The first-order valence-electron chi connectivity index (χ1n) is 7.41. The Bertz CT molecular complexity index is 945. The van der Waals surface area contributed by atoms with Crippen LogP contribution >= 0.6 is 0 Å². The molecule has 0 spiro atoms. The molecule has 6 nitrogen and oxygen atoms in total. The number of methoxy groups -OCH3 is 2. The summed E-state index contributed by atoms with van der Waals surface area (Å²) in [6.07, 6.45) is -4.57. The number of hydrogen-bond donors (Lipinski definition) is 2. The largest absolute Gasteiger partial charge is 0.497 e. The Kier molecular flexibility index (Phi) is 4.45. The number of aromatic nitrogens is 2. The molecule has 1 heterocycles. The van der Waals surface area contributed by atoms with Crippen LogP contribution in [0.3, 0.4) is 0 Å². The van der Waals surface area contributed by atoms with E-state index in [9.17, 15) is 18.0 Å². The fraction of sp³-hybridized carbons (Fsp3) is 0.176. The van der Waals surface area contributed by atoms with Gasteiger partial charge in [0, 0.05) is 17.3 Å². The van der Waals surface area contributed by atoms with Gasteiger partial charge in [-0.1, -0.05) is 0 Å². The summed E-state index contributed by atoms with van der Waals surface area (Å²) >= 11 is 0. The average Bonchev–Trinajstić information content (AvgIpc) is 3.05.